The highest BCUT2D eigenvalue weighted by Gasteiger charge is 2.19. The molecule has 0 spiro atoms. The lowest BCUT2D eigenvalue weighted by Gasteiger charge is -2.11. The Morgan fingerprint density at radius 3 is 2.53 bits per heavy atom. The summed E-state index contributed by atoms with van der Waals surface area (Å²) in [7, 11) is 0. The lowest BCUT2D eigenvalue weighted by molar-refractivity contribution is -0.141. The van der Waals surface area contributed by atoms with Crippen LogP contribution in [0.4, 0.5) is 8.78 Å². The van der Waals surface area contributed by atoms with Crippen LogP contribution in [0, 0.1) is 17.6 Å². The van der Waals surface area contributed by atoms with Crippen LogP contribution in [0.25, 0.3) is 0 Å². The molecule has 7 heteroatoms. The molecule has 0 aromatic heterocycles. The molecule has 1 aromatic rings. The van der Waals surface area contributed by atoms with Gasteiger partial charge in [0.2, 0.25) is 0 Å². The van der Waals surface area contributed by atoms with Crippen LogP contribution in [-0.4, -0.2) is 23.5 Å². The number of carboxylic acid groups (broad SMARTS) is 1. The Kier molecular flexibility index (Phi) is 5.23. The quantitative estimate of drug-likeness (QED) is 0.819. The molecule has 0 radical (unpaired) electrons. The number of aliphatic carboxylic acids is 1. The number of halogens is 3. The molecule has 104 valence electrons. The molecule has 2 N–H and O–H groups in total. The molecule has 0 saturated carbocycles. The molecule has 1 rings (SSSR count). The summed E-state index contributed by atoms with van der Waals surface area (Å²) in [6.07, 6.45) is 0.313. The van der Waals surface area contributed by atoms with E-state index < -0.39 is 40.0 Å². The average molecular weight is 292 g/mol. The van der Waals surface area contributed by atoms with Crippen molar-refractivity contribution in [2.75, 3.05) is 6.54 Å². The van der Waals surface area contributed by atoms with Crippen molar-refractivity contribution in [1.82, 2.24) is 5.32 Å². The number of carbonyl (C=O) groups is 2. The topological polar surface area (TPSA) is 66.4 Å². The molecular weight excluding hydrogens is 280 g/mol. The number of nitrogens with one attached hydrogen (secondary N) is 1. The van der Waals surface area contributed by atoms with Crippen LogP contribution in [0.15, 0.2) is 12.1 Å². The van der Waals surface area contributed by atoms with Crippen LogP contribution in [0.5, 0.6) is 0 Å². The highest BCUT2D eigenvalue weighted by atomic mass is 35.5. The van der Waals surface area contributed by atoms with E-state index in [0.717, 1.165) is 0 Å². The molecule has 0 bridgehead atoms. The van der Waals surface area contributed by atoms with Crippen molar-refractivity contribution < 1.29 is 23.5 Å². The summed E-state index contributed by atoms with van der Waals surface area (Å²) in [5.41, 5.74) is -0.512. The number of hydrogen-bond donors (Lipinski definition) is 2. The van der Waals surface area contributed by atoms with Gasteiger partial charge in [0.1, 0.15) is 11.6 Å². The van der Waals surface area contributed by atoms with Gasteiger partial charge in [0.05, 0.1) is 16.5 Å². The monoisotopic (exact) mass is 291 g/mol. The maximum Gasteiger partial charge on any atom is 0.308 e. The van der Waals surface area contributed by atoms with Crippen LogP contribution >= 0.6 is 11.6 Å². The first kappa shape index (κ1) is 15.4. The number of carbonyl (C=O) groups excluding carboxylic acids is 1. The van der Waals surface area contributed by atoms with E-state index in [2.05, 4.69) is 5.32 Å². The first-order valence-electron chi connectivity index (χ1n) is 5.52. The zero-order valence-corrected chi connectivity index (χ0v) is 10.8. The summed E-state index contributed by atoms with van der Waals surface area (Å²) in [5.74, 6) is -4.60. The second-order valence-electron chi connectivity index (χ2n) is 3.90. The van der Waals surface area contributed by atoms with Gasteiger partial charge in [-0.1, -0.05) is 18.5 Å². The Balaban J connectivity index is 2.79. The van der Waals surface area contributed by atoms with Crippen molar-refractivity contribution >= 4 is 23.5 Å². The molecule has 1 aromatic carbocycles. The Morgan fingerprint density at radius 2 is 2.00 bits per heavy atom. The van der Waals surface area contributed by atoms with Gasteiger partial charge in [-0.3, -0.25) is 9.59 Å². The molecule has 0 saturated heterocycles. The fourth-order valence-electron chi connectivity index (χ4n) is 1.41. The van der Waals surface area contributed by atoms with E-state index in [1.807, 2.05) is 0 Å². The number of carboxylic acids is 1. The summed E-state index contributed by atoms with van der Waals surface area (Å²) in [6.45, 7) is 1.49. The third-order valence-electron chi connectivity index (χ3n) is 2.61. The number of amides is 1. The molecule has 4 nitrogen and oxygen atoms in total. The SMILES string of the molecule is CCC(CNC(=O)c1cc(F)c(Cl)cc1F)C(=O)O. The zero-order chi connectivity index (χ0) is 14.6. The van der Waals surface area contributed by atoms with Crippen molar-refractivity contribution in [3.63, 3.8) is 0 Å². The molecule has 1 unspecified atom stereocenters. The van der Waals surface area contributed by atoms with E-state index in [9.17, 15) is 18.4 Å². The molecule has 0 aliphatic rings. The molecule has 0 aliphatic carbocycles. The van der Waals surface area contributed by atoms with Gasteiger partial charge in [0.25, 0.3) is 5.91 Å². The van der Waals surface area contributed by atoms with Crippen LogP contribution in [0.3, 0.4) is 0 Å². The summed E-state index contributed by atoms with van der Waals surface area (Å²) in [4.78, 5) is 22.4. The summed E-state index contributed by atoms with van der Waals surface area (Å²) in [5, 5.41) is 10.6. The highest BCUT2D eigenvalue weighted by Crippen LogP contribution is 2.19. The van der Waals surface area contributed by atoms with Crippen LogP contribution in [0.2, 0.25) is 5.02 Å². The fourth-order valence-corrected chi connectivity index (χ4v) is 1.56. The van der Waals surface area contributed by atoms with Crippen molar-refractivity contribution in [2.45, 2.75) is 13.3 Å². The zero-order valence-electron chi connectivity index (χ0n) is 10.0. The second-order valence-corrected chi connectivity index (χ2v) is 4.31. The maximum absolute atomic E-state index is 13.4. The predicted molar refractivity (Wildman–Crippen MR) is 65.1 cm³/mol. The van der Waals surface area contributed by atoms with Crippen molar-refractivity contribution in [1.29, 1.82) is 0 Å². The van der Waals surface area contributed by atoms with E-state index in [0.29, 0.717) is 18.6 Å². The highest BCUT2D eigenvalue weighted by molar-refractivity contribution is 6.30. The van der Waals surface area contributed by atoms with Gasteiger partial charge in [-0.05, 0) is 18.6 Å². The van der Waals surface area contributed by atoms with Gasteiger partial charge < -0.3 is 10.4 Å². The molecular formula is C12H12ClF2NO3. The second kappa shape index (κ2) is 6.47. The largest absolute Gasteiger partial charge is 0.481 e. The third kappa shape index (κ3) is 3.89. The molecule has 0 heterocycles. The molecule has 1 atom stereocenters. The van der Waals surface area contributed by atoms with Crippen molar-refractivity contribution in [2.24, 2.45) is 5.92 Å². The lowest BCUT2D eigenvalue weighted by Crippen LogP contribution is -2.33. The van der Waals surface area contributed by atoms with Gasteiger partial charge in [-0.2, -0.15) is 0 Å². The Labute approximate surface area is 113 Å². The van der Waals surface area contributed by atoms with E-state index in [-0.39, 0.29) is 6.54 Å². The fraction of sp³-hybridized carbons (Fsp3) is 0.333. The number of benzene rings is 1. The Bertz CT molecular complexity index is 508. The van der Waals surface area contributed by atoms with Gasteiger partial charge in [-0.25, -0.2) is 8.78 Å². The normalized spacial score (nSPS) is 12.0. The third-order valence-corrected chi connectivity index (χ3v) is 2.90. The summed E-state index contributed by atoms with van der Waals surface area (Å²) >= 11 is 5.36. The van der Waals surface area contributed by atoms with Gasteiger partial charge in [0, 0.05) is 6.54 Å². The van der Waals surface area contributed by atoms with E-state index in [1.165, 1.54) is 0 Å². The number of rotatable bonds is 5. The minimum absolute atomic E-state index is 0.158. The molecule has 19 heavy (non-hydrogen) atoms. The summed E-state index contributed by atoms with van der Waals surface area (Å²) in [6, 6.07) is 1.37. The minimum atomic E-state index is -1.06. The van der Waals surface area contributed by atoms with Crippen molar-refractivity contribution in [3.8, 4) is 0 Å². The van der Waals surface area contributed by atoms with Gasteiger partial charge in [-0.15, -0.1) is 0 Å². The van der Waals surface area contributed by atoms with E-state index >= 15 is 0 Å². The van der Waals surface area contributed by atoms with E-state index in [1.54, 1.807) is 6.92 Å². The van der Waals surface area contributed by atoms with Crippen molar-refractivity contribution in [3.05, 3.63) is 34.4 Å². The molecule has 1 amide bonds. The van der Waals surface area contributed by atoms with E-state index in [4.69, 9.17) is 16.7 Å². The first-order chi connectivity index (χ1) is 8.86. The maximum atomic E-state index is 13.4. The number of hydrogen-bond acceptors (Lipinski definition) is 2. The lowest BCUT2D eigenvalue weighted by atomic mass is 10.1. The first-order valence-corrected chi connectivity index (χ1v) is 5.90. The van der Waals surface area contributed by atoms with Gasteiger partial charge >= 0.3 is 5.97 Å². The predicted octanol–water partition coefficient (Wildman–Crippen LogP) is 2.46. The van der Waals surface area contributed by atoms with Crippen LogP contribution in [-0.2, 0) is 4.79 Å². The smallest absolute Gasteiger partial charge is 0.308 e. The molecule has 0 aliphatic heterocycles. The van der Waals surface area contributed by atoms with Crippen LogP contribution in [0.1, 0.15) is 23.7 Å². The Morgan fingerprint density at radius 1 is 1.37 bits per heavy atom. The van der Waals surface area contributed by atoms with Gasteiger partial charge in [0.15, 0.2) is 0 Å². The molecule has 0 fully saturated rings. The van der Waals surface area contributed by atoms with Crippen LogP contribution < -0.4 is 5.32 Å². The standard InChI is InChI=1S/C12H12ClF2NO3/c1-2-6(12(18)19)5-16-11(17)7-3-10(15)8(13)4-9(7)14/h3-4,6H,2,5H2,1H3,(H,16,17)(H,18,19). The minimum Gasteiger partial charge on any atom is -0.481 e. The summed E-state index contributed by atoms with van der Waals surface area (Å²) < 4.78 is 26.6. The Hall–Kier alpha value is -1.69. The average Bonchev–Trinajstić information content (AvgIpc) is 2.33.